The Kier molecular flexibility index (Phi) is 15.5. The molecule has 1 aromatic heterocycles. The van der Waals surface area contributed by atoms with Crippen molar-refractivity contribution in [1.82, 2.24) is 4.98 Å². The standard InChI is InChI=1S/C31H43N2O18P3/c1-2-3-4-5-6-7-15-46-24-16-19(18-47-31(37)33-21-11-12-22-20(17-21)9-8-14-32-22)10-13-23(24)48-54(44,45)51-28-25(34)26(35)29(49-52(38,39)40)30(27(28)36)50-53(41,42)43/h8-14,16-17,25-30,34-36H,2-7,15,18H2,1H3,(H,33,37)(H,44,45)(H2,38,39,40)(H2,41,42,43)/t25-,26+,27+,28-,29-,30+/m1/s1. The van der Waals surface area contributed by atoms with Crippen LogP contribution in [0.4, 0.5) is 10.5 Å². The van der Waals surface area contributed by atoms with Crippen LogP contribution in [0.3, 0.4) is 0 Å². The minimum absolute atomic E-state index is 0.104. The van der Waals surface area contributed by atoms with E-state index in [1.165, 1.54) is 18.2 Å². The van der Waals surface area contributed by atoms with Crippen molar-refractivity contribution in [2.45, 2.75) is 88.7 Å². The Morgan fingerprint density at radius 3 is 2.09 bits per heavy atom. The van der Waals surface area contributed by atoms with Gasteiger partial charge in [0, 0.05) is 17.3 Å². The monoisotopic (exact) mass is 824 g/mol. The first-order chi connectivity index (χ1) is 25.4. The molecule has 0 aliphatic heterocycles. The average molecular weight is 825 g/mol. The number of hydrogen-bond acceptors (Lipinski definition) is 14. The molecule has 4 rings (SSSR count). The lowest BCUT2D eigenvalue weighted by atomic mass is 9.85. The lowest BCUT2D eigenvalue weighted by molar-refractivity contribution is -0.212. The number of aliphatic hydroxyl groups is 3. The van der Waals surface area contributed by atoms with Crippen molar-refractivity contribution in [3.05, 3.63) is 60.3 Å². The molecular formula is C31H43N2O18P3. The molecule has 1 fully saturated rings. The number of rotatable bonds is 19. The maximum atomic E-state index is 13.3. The number of phosphoric ester groups is 3. The fourth-order valence-corrected chi connectivity index (χ4v) is 7.63. The maximum absolute atomic E-state index is 13.3. The van der Waals surface area contributed by atoms with Crippen molar-refractivity contribution in [2.24, 2.45) is 0 Å². The van der Waals surface area contributed by atoms with Gasteiger partial charge in [-0.2, -0.15) is 0 Å². The Balaban J connectivity index is 1.49. The number of pyridine rings is 1. The van der Waals surface area contributed by atoms with Crippen LogP contribution in [0.15, 0.2) is 54.7 Å². The number of carbonyl (C=O) groups excluding carboxylic acids is 1. The van der Waals surface area contributed by atoms with Crippen LogP contribution < -0.4 is 14.6 Å². The Hall–Kier alpha value is -3.03. The van der Waals surface area contributed by atoms with Crippen LogP contribution in [0.25, 0.3) is 10.9 Å². The molecule has 0 saturated heterocycles. The summed E-state index contributed by atoms with van der Waals surface area (Å²) in [6, 6.07) is 12.6. The van der Waals surface area contributed by atoms with Gasteiger partial charge in [-0.15, -0.1) is 0 Å². The van der Waals surface area contributed by atoms with Crippen molar-refractivity contribution in [1.29, 1.82) is 0 Å². The molecule has 20 nitrogen and oxygen atoms in total. The maximum Gasteiger partial charge on any atom is 0.528 e. The Morgan fingerprint density at radius 2 is 1.41 bits per heavy atom. The summed E-state index contributed by atoms with van der Waals surface area (Å²) in [6.45, 7) is 1.94. The van der Waals surface area contributed by atoms with Gasteiger partial charge in [0.25, 0.3) is 0 Å². The third-order valence-corrected chi connectivity index (χ3v) is 9.96. The van der Waals surface area contributed by atoms with E-state index in [4.69, 9.17) is 18.5 Å². The highest BCUT2D eigenvalue weighted by Gasteiger charge is 2.56. The van der Waals surface area contributed by atoms with Crippen LogP contribution >= 0.6 is 23.5 Å². The minimum Gasteiger partial charge on any atom is -0.490 e. The minimum atomic E-state index is -5.58. The normalized spacial score (nSPS) is 23.1. The van der Waals surface area contributed by atoms with Gasteiger partial charge in [0.2, 0.25) is 0 Å². The van der Waals surface area contributed by atoms with Crippen LogP contribution in [0.1, 0.15) is 51.0 Å². The highest BCUT2D eigenvalue weighted by molar-refractivity contribution is 7.48. The summed E-state index contributed by atoms with van der Waals surface area (Å²) in [6.07, 6.45) is -8.48. The molecule has 1 saturated carbocycles. The van der Waals surface area contributed by atoms with E-state index in [1.807, 2.05) is 6.07 Å². The summed E-state index contributed by atoms with van der Waals surface area (Å²) in [4.78, 5) is 64.5. The van der Waals surface area contributed by atoms with Crippen LogP contribution in [-0.2, 0) is 38.6 Å². The van der Waals surface area contributed by atoms with Crippen molar-refractivity contribution in [3.63, 3.8) is 0 Å². The van der Waals surface area contributed by atoms with Crippen molar-refractivity contribution in [3.8, 4) is 11.5 Å². The number of nitrogens with zero attached hydrogens (tertiary/aromatic N) is 1. The molecule has 0 bridgehead atoms. The van der Waals surface area contributed by atoms with E-state index in [2.05, 4.69) is 26.3 Å². The van der Waals surface area contributed by atoms with Gasteiger partial charge in [-0.05, 0) is 48.4 Å². The quantitative estimate of drug-likeness (QED) is 0.0615. The summed E-state index contributed by atoms with van der Waals surface area (Å²) in [7, 11) is -16.6. The number of nitrogens with one attached hydrogen (secondary N) is 1. The second-order valence-corrected chi connectivity index (χ2v) is 15.9. The lowest BCUT2D eigenvalue weighted by Gasteiger charge is -2.44. The predicted molar refractivity (Wildman–Crippen MR) is 188 cm³/mol. The average Bonchev–Trinajstić information content (AvgIpc) is 3.09. The first-order valence-corrected chi connectivity index (χ1v) is 21.2. The predicted octanol–water partition coefficient (Wildman–Crippen LogP) is 3.64. The van der Waals surface area contributed by atoms with E-state index in [0.29, 0.717) is 17.7 Å². The number of benzene rings is 2. The van der Waals surface area contributed by atoms with Crippen molar-refractivity contribution >= 4 is 46.2 Å². The van der Waals surface area contributed by atoms with E-state index in [1.54, 1.807) is 30.5 Å². The highest BCUT2D eigenvalue weighted by atomic mass is 31.2. The number of aliphatic hydroxyl groups excluding tert-OH is 3. The third kappa shape index (κ3) is 13.3. The van der Waals surface area contributed by atoms with Gasteiger partial charge < -0.3 is 48.9 Å². The third-order valence-electron chi connectivity index (χ3n) is 7.99. The van der Waals surface area contributed by atoms with Gasteiger partial charge in [0.1, 0.15) is 43.2 Å². The summed E-state index contributed by atoms with van der Waals surface area (Å²) < 4.78 is 66.3. The van der Waals surface area contributed by atoms with E-state index < -0.39 is 71.9 Å². The molecule has 1 amide bonds. The Morgan fingerprint density at radius 1 is 0.759 bits per heavy atom. The fourth-order valence-electron chi connectivity index (χ4n) is 5.50. The number of unbranched alkanes of at least 4 members (excludes halogenated alkanes) is 5. The van der Waals surface area contributed by atoms with E-state index in [9.17, 15) is 58.3 Å². The number of carbonyl (C=O) groups is 1. The molecule has 9 N–H and O–H groups in total. The van der Waals surface area contributed by atoms with Gasteiger partial charge in [0.15, 0.2) is 11.5 Å². The number of ether oxygens (including phenoxy) is 2. The van der Waals surface area contributed by atoms with E-state index in [0.717, 1.165) is 43.0 Å². The molecule has 3 aromatic rings. The van der Waals surface area contributed by atoms with Gasteiger partial charge >= 0.3 is 29.6 Å². The summed E-state index contributed by atoms with van der Waals surface area (Å²) in [5.74, 6) is -0.497. The largest absolute Gasteiger partial charge is 0.528 e. The van der Waals surface area contributed by atoms with Crippen molar-refractivity contribution in [2.75, 3.05) is 11.9 Å². The zero-order valence-electron chi connectivity index (χ0n) is 28.8. The number of fused-ring (bicyclic) bond motifs is 1. The molecule has 54 heavy (non-hydrogen) atoms. The van der Waals surface area contributed by atoms with Crippen LogP contribution in [-0.4, -0.2) is 94.1 Å². The summed E-state index contributed by atoms with van der Waals surface area (Å²) >= 11 is 0. The van der Waals surface area contributed by atoms with E-state index >= 15 is 0 Å². The van der Waals surface area contributed by atoms with Gasteiger partial charge in [0.05, 0.1) is 12.1 Å². The zero-order valence-corrected chi connectivity index (χ0v) is 31.4. The van der Waals surface area contributed by atoms with E-state index in [-0.39, 0.29) is 19.0 Å². The molecule has 1 heterocycles. The highest BCUT2D eigenvalue weighted by Crippen LogP contribution is 2.52. The topological polar surface area (TPSA) is 310 Å². The first-order valence-electron chi connectivity index (χ1n) is 16.6. The number of hydrogen-bond donors (Lipinski definition) is 9. The Bertz CT molecular complexity index is 1860. The van der Waals surface area contributed by atoms with Crippen LogP contribution in [0.5, 0.6) is 11.5 Å². The molecule has 1 unspecified atom stereocenters. The number of phosphoric acid groups is 3. The molecule has 1 aliphatic carbocycles. The molecule has 0 spiro atoms. The first kappa shape index (κ1) is 43.7. The second kappa shape index (κ2) is 19.2. The molecule has 7 atom stereocenters. The zero-order chi connectivity index (χ0) is 39.7. The van der Waals surface area contributed by atoms with Crippen LogP contribution in [0, 0.1) is 0 Å². The fraction of sp³-hybridized carbons (Fsp3) is 0.484. The molecule has 300 valence electrons. The summed E-state index contributed by atoms with van der Waals surface area (Å²) in [5.41, 5.74) is 1.55. The second-order valence-electron chi connectivity index (χ2n) is 12.2. The van der Waals surface area contributed by atoms with Crippen molar-refractivity contribution < 1.29 is 85.8 Å². The van der Waals surface area contributed by atoms with Crippen LogP contribution in [0.2, 0.25) is 0 Å². The number of anilines is 1. The molecule has 1 aliphatic rings. The lowest BCUT2D eigenvalue weighted by Crippen LogP contribution is -2.65. The molecule has 23 heteroatoms. The Labute approximate surface area is 309 Å². The van der Waals surface area contributed by atoms with Gasteiger partial charge in [-0.25, -0.2) is 18.5 Å². The SMILES string of the molecule is CCCCCCCCOc1cc(COC(=O)Nc2ccc3ncccc3c2)ccc1OP(=O)(O)O[C@@H]1[C@H](O)[C@H](O)[C@@H](OP(=O)(O)O)[C@@H](OP(=O)(O)O)[C@H]1O. The summed E-state index contributed by atoms with van der Waals surface area (Å²) in [5, 5.41) is 35.3. The molecule has 0 radical (unpaired) electrons. The van der Waals surface area contributed by atoms with Gasteiger partial charge in [-0.1, -0.05) is 51.2 Å². The number of amides is 1. The number of aromatic nitrogens is 1. The smallest absolute Gasteiger partial charge is 0.490 e. The van der Waals surface area contributed by atoms with Gasteiger partial charge in [-0.3, -0.25) is 28.8 Å². The molecular weight excluding hydrogens is 781 g/mol. The molecule has 2 aromatic carbocycles.